The van der Waals surface area contributed by atoms with Gasteiger partial charge in [0.05, 0.1) is 11.8 Å². The highest BCUT2D eigenvalue weighted by Gasteiger charge is 2.10. The average Bonchev–Trinajstić information content (AvgIpc) is 2.39. The molecule has 0 spiro atoms. The number of benzene rings is 2. The molecule has 0 unspecified atom stereocenters. The largest absolute Gasteiger partial charge is 0.478 e. The van der Waals surface area contributed by atoms with E-state index in [1.165, 1.54) is 6.21 Å². The zero-order valence-electron chi connectivity index (χ0n) is 9.58. The van der Waals surface area contributed by atoms with Gasteiger partial charge in [0.1, 0.15) is 0 Å². The predicted molar refractivity (Wildman–Crippen MR) is 70.6 cm³/mol. The summed E-state index contributed by atoms with van der Waals surface area (Å²) < 4.78 is 0. The molecule has 4 nitrogen and oxygen atoms in total. The van der Waals surface area contributed by atoms with Crippen LogP contribution in [0, 0.1) is 0 Å². The third-order valence-electron chi connectivity index (χ3n) is 2.58. The number of hydrazone groups is 1. The van der Waals surface area contributed by atoms with Crippen molar-refractivity contribution in [2.24, 2.45) is 10.9 Å². The van der Waals surface area contributed by atoms with Crippen molar-refractivity contribution in [1.29, 1.82) is 0 Å². The molecule has 0 aromatic heterocycles. The van der Waals surface area contributed by atoms with E-state index < -0.39 is 5.97 Å². The highest BCUT2D eigenvalue weighted by molar-refractivity contribution is 5.96. The lowest BCUT2D eigenvalue weighted by Crippen LogP contribution is -1.99. The monoisotopic (exact) mass is 240 g/mol. The lowest BCUT2D eigenvalue weighted by Gasteiger charge is -2.06. The molecule has 3 N–H and O–H groups in total. The topological polar surface area (TPSA) is 75.7 Å². The Balaban J connectivity index is 2.55. The summed E-state index contributed by atoms with van der Waals surface area (Å²) in [4.78, 5) is 11.2. The van der Waals surface area contributed by atoms with Gasteiger partial charge >= 0.3 is 5.97 Å². The van der Waals surface area contributed by atoms with Crippen LogP contribution in [-0.2, 0) is 0 Å². The summed E-state index contributed by atoms with van der Waals surface area (Å²) in [5.41, 5.74) is 2.61. The van der Waals surface area contributed by atoms with Gasteiger partial charge in [-0.2, -0.15) is 5.10 Å². The number of carboxylic acid groups (broad SMARTS) is 1. The minimum atomic E-state index is -0.941. The molecule has 4 heteroatoms. The van der Waals surface area contributed by atoms with Crippen LogP contribution < -0.4 is 5.84 Å². The lowest BCUT2D eigenvalue weighted by atomic mass is 9.98. The molecule has 0 saturated carbocycles. The Bertz CT molecular complexity index is 606. The fraction of sp³-hybridized carbons (Fsp3) is 0. The summed E-state index contributed by atoms with van der Waals surface area (Å²) in [6, 6.07) is 14.3. The molecule has 0 fully saturated rings. The molecule has 0 aliphatic rings. The molecule has 0 saturated heterocycles. The van der Waals surface area contributed by atoms with Gasteiger partial charge in [0.25, 0.3) is 0 Å². The van der Waals surface area contributed by atoms with E-state index in [1.807, 2.05) is 30.3 Å². The van der Waals surface area contributed by atoms with Crippen LogP contribution in [0.5, 0.6) is 0 Å². The fourth-order valence-electron chi connectivity index (χ4n) is 1.79. The number of nitrogens with two attached hydrogens (primary N) is 1. The third kappa shape index (κ3) is 2.38. The maximum Gasteiger partial charge on any atom is 0.336 e. The van der Waals surface area contributed by atoms with E-state index in [2.05, 4.69) is 5.10 Å². The number of carboxylic acids is 1. The van der Waals surface area contributed by atoms with E-state index in [9.17, 15) is 4.79 Å². The van der Waals surface area contributed by atoms with Crippen molar-refractivity contribution < 1.29 is 9.90 Å². The van der Waals surface area contributed by atoms with Crippen molar-refractivity contribution in [2.75, 3.05) is 0 Å². The molecule has 90 valence electrons. The van der Waals surface area contributed by atoms with Crippen LogP contribution in [0.3, 0.4) is 0 Å². The first-order valence-corrected chi connectivity index (χ1v) is 5.38. The van der Waals surface area contributed by atoms with Crippen LogP contribution in [0.1, 0.15) is 15.9 Å². The molecule has 0 bridgehead atoms. The van der Waals surface area contributed by atoms with Gasteiger partial charge < -0.3 is 10.9 Å². The maximum absolute atomic E-state index is 11.2. The molecule has 18 heavy (non-hydrogen) atoms. The first-order chi connectivity index (χ1) is 8.72. The first-order valence-electron chi connectivity index (χ1n) is 5.38. The fourth-order valence-corrected chi connectivity index (χ4v) is 1.79. The van der Waals surface area contributed by atoms with E-state index in [1.54, 1.807) is 18.2 Å². The summed E-state index contributed by atoms with van der Waals surface area (Å²) in [6.45, 7) is 0. The summed E-state index contributed by atoms with van der Waals surface area (Å²) in [5.74, 6) is 4.16. The number of hydrogen-bond donors (Lipinski definition) is 2. The normalized spacial score (nSPS) is 10.7. The number of carbonyl (C=O) groups is 1. The van der Waals surface area contributed by atoms with Gasteiger partial charge in [0.15, 0.2) is 0 Å². The molecule has 0 aliphatic carbocycles. The quantitative estimate of drug-likeness (QED) is 0.491. The Morgan fingerprint density at radius 2 is 1.94 bits per heavy atom. The Morgan fingerprint density at radius 3 is 2.67 bits per heavy atom. The van der Waals surface area contributed by atoms with Crippen molar-refractivity contribution in [3.8, 4) is 11.1 Å². The second kappa shape index (κ2) is 5.14. The second-order valence-corrected chi connectivity index (χ2v) is 3.75. The molecule has 0 atom stereocenters. The molecule has 0 aliphatic heterocycles. The Labute approximate surface area is 104 Å². The van der Waals surface area contributed by atoms with E-state index >= 15 is 0 Å². The van der Waals surface area contributed by atoms with Gasteiger partial charge in [-0.05, 0) is 28.8 Å². The molecule has 2 aromatic carbocycles. The van der Waals surface area contributed by atoms with Crippen LogP contribution in [-0.4, -0.2) is 17.3 Å². The minimum absolute atomic E-state index is 0.277. The minimum Gasteiger partial charge on any atom is -0.478 e. The molecule has 0 amide bonds. The molecule has 2 aromatic rings. The van der Waals surface area contributed by atoms with Crippen molar-refractivity contribution in [1.82, 2.24) is 0 Å². The zero-order chi connectivity index (χ0) is 13.0. The highest BCUT2D eigenvalue weighted by Crippen LogP contribution is 2.24. The van der Waals surface area contributed by atoms with Crippen LogP contribution in [0.25, 0.3) is 11.1 Å². The number of nitrogens with zero attached hydrogens (tertiary/aromatic N) is 1. The number of aromatic carboxylic acids is 1. The molecule has 2 rings (SSSR count). The third-order valence-corrected chi connectivity index (χ3v) is 2.58. The van der Waals surface area contributed by atoms with Gasteiger partial charge in [-0.1, -0.05) is 36.4 Å². The van der Waals surface area contributed by atoms with Gasteiger partial charge in [-0.3, -0.25) is 0 Å². The number of rotatable bonds is 3. The lowest BCUT2D eigenvalue weighted by molar-refractivity contribution is 0.0697. The zero-order valence-corrected chi connectivity index (χ0v) is 9.58. The van der Waals surface area contributed by atoms with Crippen molar-refractivity contribution >= 4 is 12.2 Å². The Hall–Kier alpha value is -2.62. The van der Waals surface area contributed by atoms with Crippen LogP contribution in [0.2, 0.25) is 0 Å². The summed E-state index contributed by atoms with van der Waals surface area (Å²) in [6.07, 6.45) is 1.52. The smallest absolute Gasteiger partial charge is 0.336 e. The Morgan fingerprint density at radius 1 is 1.17 bits per heavy atom. The molecule has 0 heterocycles. The van der Waals surface area contributed by atoms with Crippen molar-refractivity contribution in [3.63, 3.8) is 0 Å². The second-order valence-electron chi connectivity index (χ2n) is 3.75. The van der Waals surface area contributed by atoms with E-state index in [0.717, 1.165) is 11.1 Å². The Kier molecular flexibility index (Phi) is 3.38. The summed E-state index contributed by atoms with van der Waals surface area (Å²) >= 11 is 0. The molecule has 0 radical (unpaired) electrons. The summed E-state index contributed by atoms with van der Waals surface area (Å²) in [7, 11) is 0. The molecular weight excluding hydrogens is 228 g/mol. The SMILES string of the molecule is NN=Cc1cccc(-c2ccccc2C(=O)O)c1. The first kappa shape index (κ1) is 11.9. The van der Waals surface area contributed by atoms with Gasteiger partial charge in [0.2, 0.25) is 0 Å². The van der Waals surface area contributed by atoms with Crippen LogP contribution >= 0.6 is 0 Å². The predicted octanol–water partition coefficient (Wildman–Crippen LogP) is 2.34. The number of hydrogen-bond acceptors (Lipinski definition) is 3. The van der Waals surface area contributed by atoms with Gasteiger partial charge in [0, 0.05) is 0 Å². The van der Waals surface area contributed by atoms with Gasteiger partial charge in [-0.15, -0.1) is 0 Å². The maximum atomic E-state index is 11.2. The van der Waals surface area contributed by atoms with E-state index in [4.69, 9.17) is 10.9 Å². The van der Waals surface area contributed by atoms with E-state index in [-0.39, 0.29) is 5.56 Å². The van der Waals surface area contributed by atoms with Crippen molar-refractivity contribution in [2.45, 2.75) is 0 Å². The average molecular weight is 240 g/mol. The standard InChI is InChI=1S/C14H12N2O2/c15-16-9-10-4-3-5-11(8-10)12-6-1-2-7-13(12)14(17)18/h1-9H,15H2,(H,17,18). The van der Waals surface area contributed by atoms with Gasteiger partial charge in [-0.25, -0.2) is 4.79 Å². The van der Waals surface area contributed by atoms with Crippen LogP contribution in [0.4, 0.5) is 0 Å². The summed E-state index contributed by atoms with van der Waals surface area (Å²) in [5, 5.41) is 12.6. The molecular formula is C14H12N2O2. The van der Waals surface area contributed by atoms with E-state index in [0.29, 0.717) is 5.56 Å². The van der Waals surface area contributed by atoms with Crippen molar-refractivity contribution in [3.05, 3.63) is 59.7 Å². The van der Waals surface area contributed by atoms with Crippen LogP contribution in [0.15, 0.2) is 53.6 Å². The highest BCUT2D eigenvalue weighted by atomic mass is 16.4.